The Hall–Kier alpha value is -5.94. The van der Waals surface area contributed by atoms with E-state index in [4.69, 9.17) is 0 Å². The highest BCUT2D eigenvalue weighted by atomic mass is 32.1. The molecule has 2 nitrogen and oxygen atoms in total. The van der Waals surface area contributed by atoms with Crippen molar-refractivity contribution in [3.8, 4) is 5.69 Å². The number of thiophene rings is 2. The molecule has 3 aromatic heterocycles. The SMILES string of the molecule is c1ccc(-n2c3ccccc3c3ccc(N(c4ccc5sc6ccccc6c5c4)c4cccc5sc6c7ccccc7ccc6c45)cc32)cc1. The zero-order chi connectivity index (χ0) is 32.8. The molecule has 11 rings (SSSR count). The van der Waals surface area contributed by atoms with E-state index in [1.807, 2.05) is 22.7 Å². The van der Waals surface area contributed by atoms with Gasteiger partial charge in [-0.3, -0.25) is 0 Å². The van der Waals surface area contributed by atoms with Gasteiger partial charge in [0.2, 0.25) is 0 Å². The van der Waals surface area contributed by atoms with Gasteiger partial charge in [0.15, 0.2) is 0 Å². The smallest absolute Gasteiger partial charge is 0.0561 e. The zero-order valence-electron chi connectivity index (χ0n) is 26.9. The van der Waals surface area contributed by atoms with Crippen molar-refractivity contribution in [3.05, 3.63) is 170 Å². The van der Waals surface area contributed by atoms with Crippen molar-refractivity contribution >= 4 is 113 Å². The van der Waals surface area contributed by atoms with E-state index < -0.39 is 0 Å². The number of hydrogen-bond acceptors (Lipinski definition) is 3. The van der Waals surface area contributed by atoms with Crippen LogP contribution >= 0.6 is 22.7 Å². The molecular weight excluding hydrogens is 645 g/mol. The summed E-state index contributed by atoms with van der Waals surface area (Å²) in [6, 6.07) is 62.5. The minimum Gasteiger partial charge on any atom is -0.310 e. The number of benzene rings is 8. The summed E-state index contributed by atoms with van der Waals surface area (Å²) in [6.07, 6.45) is 0. The minimum absolute atomic E-state index is 1.13. The Labute approximate surface area is 296 Å². The maximum absolute atomic E-state index is 2.49. The van der Waals surface area contributed by atoms with Gasteiger partial charge >= 0.3 is 0 Å². The predicted molar refractivity (Wildman–Crippen MR) is 219 cm³/mol. The Morgan fingerprint density at radius 2 is 1.08 bits per heavy atom. The van der Waals surface area contributed by atoms with E-state index in [9.17, 15) is 0 Å². The van der Waals surface area contributed by atoms with Crippen LogP contribution in [0.1, 0.15) is 0 Å². The number of para-hydroxylation sites is 2. The first-order valence-electron chi connectivity index (χ1n) is 16.9. The molecule has 3 heterocycles. The highest BCUT2D eigenvalue weighted by molar-refractivity contribution is 7.27. The second-order valence-corrected chi connectivity index (χ2v) is 15.1. The van der Waals surface area contributed by atoms with E-state index in [2.05, 4.69) is 179 Å². The second-order valence-electron chi connectivity index (χ2n) is 12.9. The molecule has 234 valence electrons. The van der Waals surface area contributed by atoms with Gasteiger partial charge in [0.25, 0.3) is 0 Å². The van der Waals surface area contributed by atoms with Crippen LogP contribution in [-0.4, -0.2) is 4.57 Å². The summed E-state index contributed by atoms with van der Waals surface area (Å²) in [4.78, 5) is 2.49. The number of nitrogens with zero attached hydrogens (tertiary/aromatic N) is 2. The summed E-state index contributed by atoms with van der Waals surface area (Å²) < 4.78 is 7.66. The maximum atomic E-state index is 2.49. The molecule has 0 bridgehead atoms. The van der Waals surface area contributed by atoms with E-state index in [1.54, 1.807) is 0 Å². The van der Waals surface area contributed by atoms with Crippen LogP contribution < -0.4 is 4.90 Å². The first-order chi connectivity index (χ1) is 24.8. The standard InChI is InChI=1S/C46H28N2S2/c1-2-12-30(13-3-1)48-39-17-8-6-15-34(39)35-25-22-32(28-41(35)48)47(31-23-26-43-38(27-31)36-16-7-9-19-42(36)49-43)40-18-10-20-44-45(40)37-24-21-29-11-4-5-14-33(29)46(37)50-44/h1-28H. The zero-order valence-corrected chi connectivity index (χ0v) is 28.5. The van der Waals surface area contributed by atoms with Crippen LogP contribution in [0.4, 0.5) is 17.1 Å². The average Bonchev–Trinajstić information content (AvgIpc) is 3.85. The lowest BCUT2D eigenvalue weighted by Crippen LogP contribution is -2.10. The van der Waals surface area contributed by atoms with Gasteiger partial charge in [0, 0.05) is 68.2 Å². The fourth-order valence-electron chi connectivity index (χ4n) is 7.96. The van der Waals surface area contributed by atoms with Crippen LogP contribution in [0.5, 0.6) is 0 Å². The normalized spacial score (nSPS) is 12.0. The molecule has 0 unspecified atom stereocenters. The van der Waals surface area contributed by atoms with Gasteiger partial charge in [-0.05, 0) is 77.5 Å². The third-order valence-electron chi connectivity index (χ3n) is 10.2. The van der Waals surface area contributed by atoms with E-state index in [0.717, 1.165) is 17.1 Å². The summed E-state index contributed by atoms with van der Waals surface area (Å²) in [6.45, 7) is 0. The van der Waals surface area contributed by atoms with Gasteiger partial charge in [-0.25, -0.2) is 0 Å². The van der Waals surface area contributed by atoms with Crippen molar-refractivity contribution in [2.45, 2.75) is 0 Å². The molecular formula is C46H28N2S2. The molecule has 8 aromatic carbocycles. The Morgan fingerprint density at radius 3 is 2.00 bits per heavy atom. The van der Waals surface area contributed by atoms with Gasteiger partial charge in [-0.1, -0.05) is 103 Å². The van der Waals surface area contributed by atoms with Crippen molar-refractivity contribution in [1.29, 1.82) is 0 Å². The molecule has 0 aliphatic heterocycles. The van der Waals surface area contributed by atoms with E-state index in [1.165, 1.54) is 78.6 Å². The molecule has 0 saturated carbocycles. The molecule has 0 fully saturated rings. The molecule has 50 heavy (non-hydrogen) atoms. The summed E-state index contributed by atoms with van der Waals surface area (Å²) >= 11 is 3.76. The van der Waals surface area contributed by atoms with Crippen LogP contribution in [-0.2, 0) is 0 Å². The number of rotatable bonds is 4. The summed E-state index contributed by atoms with van der Waals surface area (Å²) in [5, 5.41) is 10.3. The molecule has 11 aromatic rings. The fourth-order valence-corrected chi connectivity index (χ4v) is 10.3. The number of anilines is 3. The lowest BCUT2D eigenvalue weighted by Gasteiger charge is -2.27. The molecule has 0 amide bonds. The minimum atomic E-state index is 1.13. The Morgan fingerprint density at radius 1 is 0.400 bits per heavy atom. The topological polar surface area (TPSA) is 8.17 Å². The molecule has 4 heteroatoms. The van der Waals surface area contributed by atoms with Gasteiger partial charge < -0.3 is 9.47 Å². The van der Waals surface area contributed by atoms with Gasteiger partial charge in [-0.2, -0.15) is 0 Å². The van der Waals surface area contributed by atoms with Crippen molar-refractivity contribution in [3.63, 3.8) is 0 Å². The fraction of sp³-hybridized carbons (Fsp3) is 0. The van der Waals surface area contributed by atoms with Gasteiger partial charge in [-0.15, -0.1) is 22.7 Å². The molecule has 0 radical (unpaired) electrons. The third-order valence-corrected chi connectivity index (χ3v) is 12.5. The summed E-state index contributed by atoms with van der Waals surface area (Å²) in [5.74, 6) is 0. The summed E-state index contributed by atoms with van der Waals surface area (Å²) in [7, 11) is 0. The molecule has 0 aliphatic rings. The Kier molecular flexibility index (Phi) is 6.03. The summed E-state index contributed by atoms with van der Waals surface area (Å²) in [5.41, 5.74) is 7.02. The van der Waals surface area contributed by atoms with Crippen molar-refractivity contribution in [2.75, 3.05) is 4.90 Å². The van der Waals surface area contributed by atoms with Crippen LogP contribution in [0.15, 0.2) is 170 Å². The van der Waals surface area contributed by atoms with Gasteiger partial charge in [0.1, 0.15) is 0 Å². The van der Waals surface area contributed by atoms with Crippen LogP contribution in [0.3, 0.4) is 0 Å². The molecule has 0 N–H and O–H groups in total. The number of fused-ring (bicyclic) bond motifs is 11. The van der Waals surface area contributed by atoms with E-state index in [-0.39, 0.29) is 0 Å². The maximum Gasteiger partial charge on any atom is 0.0561 e. The van der Waals surface area contributed by atoms with Crippen molar-refractivity contribution in [2.24, 2.45) is 0 Å². The van der Waals surface area contributed by atoms with Crippen molar-refractivity contribution < 1.29 is 0 Å². The second kappa shape index (κ2) is 10.8. The predicted octanol–water partition coefficient (Wildman–Crippen LogP) is 14.1. The first kappa shape index (κ1) is 28.0. The van der Waals surface area contributed by atoms with E-state index >= 15 is 0 Å². The third kappa shape index (κ3) is 4.07. The first-order valence-corrected chi connectivity index (χ1v) is 18.6. The van der Waals surface area contributed by atoms with Crippen LogP contribution in [0.25, 0.3) is 78.6 Å². The lowest BCUT2D eigenvalue weighted by molar-refractivity contribution is 1.18. The average molecular weight is 673 g/mol. The monoisotopic (exact) mass is 672 g/mol. The quantitative estimate of drug-likeness (QED) is 0.181. The highest BCUT2D eigenvalue weighted by Gasteiger charge is 2.22. The van der Waals surface area contributed by atoms with E-state index in [0.29, 0.717) is 0 Å². The highest BCUT2D eigenvalue weighted by Crippen LogP contribution is 2.48. The molecule has 0 atom stereocenters. The lowest BCUT2D eigenvalue weighted by atomic mass is 10.0. The van der Waals surface area contributed by atoms with Crippen LogP contribution in [0, 0.1) is 0 Å². The number of hydrogen-bond donors (Lipinski definition) is 0. The van der Waals surface area contributed by atoms with Gasteiger partial charge in [0.05, 0.1) is 16.7 Å². The largest absolute Gasteiger partial charge is 0.310 e. The Balaban J connectivity index is 1.24. The molecule has 0 spiro atoms. The Bertz CT molecular complexity index is 3110. The molecule has 0 saturated heterocycles. The molecule has 0 aliphatic carbocycles. The van der Waals surface area contributed by atoms with Crippen molar-refractivity contribution in [1.82, 2.24) is 4.57 Å². The van der Waals surface area contributed by atoms with Crippen LogP contribution in [0.2, 0.25) is 0 Å². The number of aromatic nitrogens is 1.